The molecule has 1 aliphatic rings. The van der Waals surface area contributed by atoms with E-state index in [2.05, 4.69) is 20.7 Å². The minimum Gasteiger partial charge on any atom is -0.352 e. The third-order valence-corrected chi connectivity index (χ3v) is 4.47. The number of nitrogens with zero attached hydrogens (tertiary/aromatic N) is 5. The zero-order valence-electron chi connectivity index (χ0n) is 13.8. The van der Waals surface area contributed by atoms with E-state index >= 15 is 0 Å². The van der Waals surface area contributed by atoms with Crippen LogP contribution < -0.4 is 10.9 Å². The van der Waals surface area contributed by atoms with Crippen molar-refractivity contribution in [2.45, 2.75) is 32.4 Å². The van der Waals surface area contributed by atoms with E-state index in [9.17, 15) is 9.59 Å². The first kappa shape index (κ1) is 15.5. The van der Waals surface area contributed by atoms with Gasteiger partial charge in [-0.1, -0.05) is 23.4 Å². The van der Waals surface area contributed by atoms with E-state index in [1.807, 2.05) is 37.3 Å². The number of hydrogen-bond acceptors (Lipinski definition) is 5. The van der Waals surface area contributed by atoms with Gasteiger partial charge < -0.3 is 5.32 Å². The summed E-state index contributed by atoms with van der Waals surface area (Å²) in [4.78, 5) is 24.7. The summed E-state index contributed by atoms with van der Waals surface area (Å²) in [5.74, 6) is 0.323. The van der Waals surface area contributed by atoms with Crippen LogP contribution in [0.25, 0.3) is 16.7 Å². The van der Waals surface area contributed by atoms with Gasteiger partial charge in [0.15, 0.2) is 5.65 Å². The summed E-state index contributed by atoms with van der Waals surface area (Å²) in [6, 6.07) is 9.51. The van der Waals surface area contributed by atoms with Crippen molar-refractivity contribution in [3.8, 4) is 5.69 Å². The van der Waals surface area contributed by atoms with Crippen molar-refractivity contribution in [3.63, 3.8) is 0 Å². The van der Waals surface area contributed by atoms with Crippen LogP contribution in [0, 0.1) is 5.92 Å². The number of amides is 1. The van der Waals surface area contributed by atoms with Crippen LogP contribution in [0.1, 0.15) is 19.8 Å². The molecule has 0 bridgehead atoms. The Hall–Kier alpha value is -3.03. The lowest BCUT2D eigenvalue weighted by atomic mass is 10.2. The summed E-state index contributed by atoms with van der Waals surface area (Å²) in [7, 11) is 0. The lowest BCUT2D eigenvalue weighted by Crippen LogP contribution is -2.39. The van der Waals surface area contributed by atoms with E-state index < -0.39 is 0 Å². The van der Waals surface area contributed by atoms with Gasteiger partial charge in [-0.15, -0.1) is 5.10 Å². The largest absolute Gasteiger partial charge is 0.352 e. The summed E-state index contributed by atoms with van der Waals surface area (Å²) in [5, 5.41) is 15.5. The maximum Gasteiger partial charge on any atom is 0.281 e. The van der Waals surface area contributed by atoms with Crippen LogP contribution in [0.2, 0.25) is 0 Å². The van der Waals surface area contributed by atoms with E-state index in [1.54, 1.807) is 4.68 Å². The highest BCUT2D eigenvalue weighted by Crippen LogP contribution is 2.32. The molecular formula is C17H18N6O2. The van der Waals surface area contributed by atoms with Gasteiger partial charge in [-0.2, -0.15) is 5.10 Å². The van der Waals surface area contributed by atoms with Crippen molar-refractivity contribution >= 4 is 16.9 Å². The van der Waals surface area contributed by atoms with Gasteiger partial charge >= 0.3 is 0 Å². The van der Waals surface area contributed by atoms with Crippen molar-refractivity contribution in [2.75, 3.05) is 0 Å². The van der Waals surface area contributed by atoms with E-state index in [1.165, 1.54) is 6.20 Å². The average Bonchev–Trinajstić information content (AvgIpc) is 3.38. The monoisotopic (exact) mass is 338 g/mol. The Labute approximate surface area is 143 Å². The number of carbonyl (C=O) groups is 1. The van der Waals surface area contributed by atoms with Crippen molar-refractivity contribution in [2.24, 2.45) is 5.92 Å². The van der Waals surface area contributed by atoms with E-state index in [-0.39, 0.29) is 24.1 Å². The second-order valence-corrected chi connectivity index (χ2v) is 6.38. The first-order valence-electron chi connectivity index (χ1n) is 8.30. The fourth-order valence-electron chi connectivity index (χ4n) is 2.88. The molecule has 1 unspecified atom stereocenters. The van der Waals surface area contributed by atoms with E-state index in [0.29, 0.717) is 17.0 Å². The minimum absolute atomic E-state index is 0.126. The highest BCUT2D eigenvalue weighted by molar-refractivity contribution is 5.77. The van der Waals surface area contributed by atoms with Crippen LogP contribution in [0.4, 0.5) is 0 Å². The van der Waals surface area contributed by atoms with Crippen LogP contribution in [-0.4, -0.2) is 36.7 Å². The Balaban J connectivity index is 1.60. The molecule has 25 heavy (non-hydrogen) atoms. The molecule has 1 atom stereocenters. The van der Waals surface area contributed by atoms with E-state index in [4.69, 9.17) is 0 Å². The summed E-state index contributed by atoms with van der Waals surface area (Å²) in [5.41, 5.74) is 0.792. The van der Waals surface area contributed by atoms with Gasteiger partial charge in [0.25, 0.3) is 5.56 Å². The molecule has 1 aliphatic carbocycles. The Morgan fingerprint density at radius 2 is 2.08 bits per heavy atom. The second kappa shape index (κ2) is 6.12. The first-order chi connectivity index (χ1) is 12.1. The predicted octanol–water partition coefficient (Wildman–Crippen LogP) is 0.892. The number of benzene rings is 1. The van der Waals surface area contributed by atoms with Crippen molar-refractivity contribution in [1.82, 2.24) is 30.1 Å². The molecule has 3 aromatic rings. The van der Waals surface area contributed by atoms with Gasteiger partial charge in [0, 0.05) is 6.04 Å². The van der Waals surface area contributed by atoms with Crippen LogP contribution in [0.3, 0.4) is 0 Å². The highest BCUT2D eigenvalue weighted by Gasteiger charge is 2.29. The Morgan fingerprint density at radius 1 is 1.32 bits per heavy atom. The van der Waals surface area contributed by atoms with Crippen LogP contribution in [0.15, 0.2) is 41.3 Å². The molecule has 0 aliphatic heterocycles. The molecule has 1 amide bonds. The van der Waals surface area contributed by atoms with E-state index in [0.717, 1.165) is 23.2 Å². The van der Waals surface area contributed by atoms with Gasteiger partial charge in [-0.3, -0.25) is 9.59 Å². The fraction of sp³-hybridized carbons (Fsp3) is 0.353. The average molecular weight is 338 g/mol. The predicted molar refractivity (Wildman–Crippen MR) is 91.2 cm³/mol. The van der Waals surface area contributed by atoms with Gasteiger partial charge in [-0.05, 0) is 37.8 Å². The van der Waals surface area contributed by atoms with Crippen LogP contribution >= 0.6 is 0 Å². The maximum absolute atomic E-state index is 12.6. The molecule has 0 saturated heterocycles. The molecule has 2 aromatic heterocycles. The molecule has 1 aromatic carbocycles. The van der Waals surface area contributed by atoms with Gasteiger partial charge in [0.05, 0.1) is 11.9 Å². The first-order valence-corrected chi connectivity index (χ1v) is 8.30. The number of nitrogens with one attached hydrogen (secondary N) is 1. The van der Waals surface area contributed by atoms with Gasteiger partial charge in [0.1, 0.15) is 11.9 Å². The number of aromatic nitrogens is 5. The van der Waals surface area contributed by atoms with Crippen LogP contribution in [0.5, 0.6) is 0 Å². The van der Waals surface area contributed by atoms with Crippen molar-refractivity contribution < 1.29 is 4.79 Å². The summed E-state index contributed by atoms with van der Waals surface area (Å²) in [6.45, 7) is 1.84. The Morgan fingerprint density at radius 3 is 2.80 bits per heavy atom. The lowest BCUT2D eigenvalue weighted by molar-refractivity contribution is -0.122. The molecule has 1 fully saturated rings. The SMILES string of the molecule is CC(NC(=O)Cn1nnc2c(cnn2-c2ccccc2)c1=O)C1CC1. The molecule has 0 radical (unpaired) electrons. The van der Waals surface area contributed by atoms with Gasteiger partial charge in [0.2, 0.25) is 5.91 Å². The number of rotatable bonds is 5. The summed E-state index contributed by atoms with van der Waals surface area (Å²) >= 11 is 0. The number of para-hydroxylation sites is 1. The summed E-state index contributed by atoms with van der Waals surface area (Å²) in [6.07, 6.45) is 3.75. The third kappa shape index (κ3) is 3.02. The minimum atomic E-state index is -0.374. The molecule has 1 saturated carbocycles. The fourth-order valence-corrected chi connectivity index (χ4v) is 2.88. The second-order valence-electron chi connectivity index (χ2n) is 6.38. The molecule has 1 N–H and O–H groups in total. The van der Waals surface area contributed by atoms with Crippen molar-refractivity contribution in [1.29, 1.82) is 0 Å². The zero-order valence-corrected chi connectivity index (χ0v) is 13.8. The van der Waals surface area contributed by atoms with Crippen molar-refractivity contribution in [3.05, 3.63) is 46.9 Å². The molecule has 8 nitrogen and oxygen atoms in total. The Kier molecular flexibility index (Phi) is 3.79. The van der Waals surface area contributed by atoms with Crippen LogP contribution in [-0.2, 0) is 11.3 Å². The molecule has 8 heteroatoms. The maximum atomic E-state index is 12.6. The zero-order chi connectivity index (χ0) is 17.4. The summed E-state index contributed by atoms with van der Waals surface area (Å²) < 4.78 is 2.64. The third-order valence-electron chi connectivity index (χ3n) is 4.47. The quantitative estimate of drug-likeness (QED) is 0.745. The molecule has 2 heterocycles. The smallest absolute Gasteiger partial charge is 0.281 e. The lowest BCUT2D eigenvalue weighted by Gasteiger charge is -2.12. The topological polar surface area (TPSA) is 94.7 Å². The normalized spacial score (nSPS) is 15.2. The molecule has 128 valence electrons. The highest BCUT2D eigenvalue weighted by atomic mass is 16.2. The standard InChI is InChI=1S/C17H18N6O2/c1-11(12-7-8-12)19-15(24)10-22-17(25)14-9-18-23(16(14)20-21-22)13-5-3-2-4-6-13/h2-6,9,11-12H,7-8,10H2,1H3,(H,19,24). The number of fused-ring (bicyclic) bond motifs is 1. The van der Waals surface area contributed by atoms with Gasteiger partial charge in [-0.25, -0.2) is 9.36 Å². The molecule has 4 rings (SSSR count). The molecular weight excluding hydrogens is 320 g/mol. The number of hydrogen-bond donors (Lipinski definition) is 1. The Bertz CT molecular complexity index is 974. The number of carbonyl (C=O) groups excluding carboxylic acids is 1. The molecule has 0 spiro atoms.